The maximum absolute atomic E-state index is 12.8. The van der Waals surface area contributed by atoms with Crippen LogP contribution in [0.4, 0.5) is 4.79 Å². The van der Waals surface area contributed by atoms with Crippen molar-refractivity contribution in [3.8, 4) is 0 Å². The van der Waals surface area contributed by atoms with Crippen LogP contribution in [0.2, 0.25) is 0 Å². The second-order valence-corrected chi connectivity index (χ2v) is 8.22. The summed E-state index contributed by atoms with van der Waals surface area (Å²) in [4.78, 5) is 51.2. The molecule has 3 rings (SSSR count). The average molecular weight is 495 g/mol. The van der Waals surface area contributed by atoms with E-state index < -0.39 is 29.9 Å². The molecule has 5 N–H and O–H groups in total. The van der Waals surface area contributed by atoms with Crippen LogP contribution in [0.3, 0.4) is 0 Å². The highest BCUT2D eigenvalue weighted by atomic mass is 16.5. The Morgan fingerprint density at radius 1 is 0.917 bits per heavy atom. The number of H-pyrrole nitrogens is 1. The van der Waals surface area contributed by atoms with Gasteiger partial charge in [0.05, 0.1) is 0 Å². The van der Waals surface area contributed by atoms with Gasteiger partial charge in [-0.2, -0.15) is 0 Å². The number of nitrogens with one attached hydrogen (secondary N) is 4. The normalized spacial score (nSPS) is 11.4. The number of aromatic nitrogens is 1. The molecule has 36 heavy (non-hydrogen) atoms. The molecule has 0 saturated heterocycles. The number of hydrogen-bond acceptors (Lipinski definition) is 5. The molecule has 0 aliphatic heterocycles. The highest BCUT2D eigenvalue weighted by Gasteiger charge is 2.22. The van der Waals surface area contributed by atoms with Gasteiger partial charge < -0.3 is 30.8 Å². The molecule has 0 aliphatic rings. The number of aliphatic carboxylic acids is 1. The lowest BCUT2D eigenvalue weighted by Crippen LogP contribution is -2.47. The molecule has 10 heteroatoms. The fourth-order valence-corrected chi connectivity index (χ4v) is 3.55. The summed E-state index contributed by atoms with van der Waals surface area (Å²) < 4.78 is 5.17. The number of amides is 3. The number of carboxylic acid groups (broad SMARTS) is 1. The van der Waals surface area contributed by atoms with Crippen LogP contribution in [0.15, 0.2) is 60.7 Å². The Bertz CT molecular complexity index is 1140. The third-order valence-corrected chi connectivity index (χ3v) is 5.41. The van der Waals surface area contributed by atoms with E-state index in [0.717, 1.165) is 16.5 Å². The second-order valence-electron chi connectivity index (χ2n) is 8.22. The first-order valence-electron chi connectivity index (χ1n) is 11.7. The molecule has 2 aromatic carbocycles. The van der Waals surface area contributed by atoms with Crippen LogP contribution in [-0.2, 0) is 20.9 Å². The van der Waals surface area contributed by atoms with Crippen molar-refractivity contribution in [3.05, 3.63) is 71.9 Å². The SMILES string of the molecule is O=C(O)CCCNC(=O)[C@H](CCCNC(=O)OCc1ccccc1)NC(=O)c1cc2ccccc2[nH]1. The molecule has 0 spiro atoms. The van der Waals surface area contributed by atoms with E-state index in [1.165, 1.54) is 0 Å². The van der Waals surface area contributed by atoms with E-state index in [-0.39, 0.29) is 39.0 Å². The number of carboxylic acids is 1. The quantitative estimate of drug-likeness (QED) is 0.231. The van der Waals surface area contributed by atoms with Crippen LogP contribution in [-0.4, -0.2) is 53.1 Å². The van der Waals surface area contributed by atoms with Gasteiger partial charge in [0.25, 0.3) is 5.91 Å². The summed E-state index contributed by atoms with van der Waals surface area (Å²) in [6, 6.07) is 17.6. The summed E-state index contributed by atoms with van der Waals surface area (Å²) in [6.07, 6.45) is 0.298. The van der Waals surface area contributed by atoms with Gasteiger partial charge in [0.1, 0.15) is 18.3 Å². The Morgan fingerprint density at radius 2 is 1.64 bits per heavy atom. The Hall–Kier alpha value is -4.34. The molecule has 1 atom stereocenters. The van der Waals surface area contributed by atoms with Crippen molar-refractivity contribution in [2.75, 3.05) is 13.1 Å². The number of hydrogen-bond donors (Lipinski definition) is 5. The lowest BCUT2D eigenvalue weighted by Gasteiger charge is -2.18. The number of carbonyl (C=O) groups is 4. The molecular formula is C26H30N4O6. The van der Waals surface area contributed by atoms with Crippen molar-refractivity contribution in [2.45, 2.75) is 38.3 Å². The number of rotatable bonds is 13. The largest absolute Gasteiger partial charge is 0.481 e. The van der Waals surface area contributed by atoms with Gasteiger partial charge in [0.15, 0.2) is 0 Å². The van der Waals surface area contributed by atoms with Gasteiger partial charge in [-0.25, -0.2) is 4.79 Å². The molecule has 1 aromatic heterocycles. The van der Waals surface area contributed by atoms with E-state index >= 15 is 0 Å². The van der Waals surface area contributed by atoms with E-state index in [1.807, 2.05) is 54.6 Å². The van der Waals surface area contributed by atoms with E-state index in [2.05, 4.69) is 20.9 Å². The lowest BCUT2D eigenvalue weighted by atomic mass is 10.1. The summed E-state index contributed by atoms with van der Waals surface area (Å²) in [5, 5.41) is 17.7. The topological polar surface area (TPSA) is 150 Å². The van der Waals surface area contributed by atoms with Crippen molar-refractivity contribution < 1.29 is 29.0 Å². The summed E-state index contributed by atoms with van der Waals surface area (Å²) >= 11 is 0. The van der Waals surface area contributed by atoms with Gasteiger partial charge in [-0.15, -0.1) is 0 Å². The zero-order valence-electron chi connectivity index (χ0n) is 19.8. The molecule has 190 valence electrons. The van der Waals surface area contributed by atoms with Crippen LogP contribution in [0.1, 0.15) is 41.7 Å². The van der Waals surface area contributed by atoms with Crippen LogP contribution < -0.4 is 16.0 Å². The van der Waals surface area contributed by atoms with E-state index in [0.29, 0.717) is 12.1 Å². The first-order chi connectivity index (χ1) is 17.4. The van der Waals surface area contributed by atoms with Crippen LogP contribution in [0, 0.1) is 0 Å². The number of para-hydroxylation sites is 1. The van der Waals surface area contributed by atoms with Crippen molar-refractivity contribution in [2.24, 2.45) is 0 Å². The predicted octanol–water partition coefficient (Wildman–Crippen LogP) is 2.95. The van der Waals surface area contributed by atoms with Crippen molar-refractivity contribution >= 4 is 34.8 Å². The molecular weight excluding hydrogens is 464 g/mol. The van der Waals surface area contributed by atoms with E-state index in [9.17, 15) is 19.2 Å². The zero-order valence-corrected chi connectivity index (χ0v) is 19.8. The summed E-state index contributed by atoms with van der Waals surface area (Å²) in [6.45, 7) is 0.571. The zero-order chi connectivity index (χ0) is 25.8. The molecule has 10 nitrogen and oxygen atoms in total. The average Bonchev–Trinajstić information content (AvgIpc) is 3.32. The lowest BCUT2D eigenvalue weighted by molar-refractivity contribution is -0.137. The van der Waals surface area contributed by atoms with Gasteiger partial charge in [-0.05, 0) is 37.0 Å². The minimum absolute atomic E-state index is 0.0681. The predicted molar refractivity (Wildman–Crippen MR) is 133 cm³/mol. The van der Waals surface area contributed by atoms with Crippen molar-refractivity contribution in [1.29, 1.82) is 0 Å². The maximum atomic E-state index is 12.8. The van der Waals surface area contributed by atoms with Gasteiger partial charge in [-0.3, -0.25) is 14.4 Å². The molecule has 0 radical (unpaired) electrons. The van der Waals surface area contributed by atoms with Gasteiger partial charge in [-0.1, -0.05) is 48.5 Å². The Morgan fingerprint density at radius 3 is 2.39 bits per heavy atom. The number of aromatic amines is 1. The third kappa shape index (κ3) is 8.46. The number of fused-ring (bicyclic) bond motifs is 1. The molecule has 0 aliphatic carbocycles. The standard InChI is InChI=1S/C26H30N4O6/c31-23(32)13-7-14-27-24(33)21(30-25(34)22-16-19-10-4-5-11-20(19)29-22)12-6-15-28-26(35)36-17-18-8-2-1-3-9-18/h1-5,8-11,16,21,29H,6-7,12-15,17H2,(H,27,33)(H,28,35)(H,30,34)(H,31,32)/t21-/m0/s1. The first-order valence-corrected chi connectivity index (χ1v) is 11.7. The minimum atomic E-state index is -0.946. The van der Waals surface area contributed by atoms with Crippen LogP contribution in [0.5, 0.6) is 0 Å². The number of ether oxygens (including phenoxy) is 1. The van der Waals surface area contributed by atoms with Crippen LogP contribution in [0.25, 0.3) is 10.9 Å². The number of alkyl carbamates (subject to hydrolysis) is 1. The highest BCUT2D eigenvalue weighted by molar-refractivity contribution is 6.00. The van der Waals surface area contributed by atoms with Gasteiger partial charge in [0, 0.05) is 30.4 Å². The monoisotopic (exact) mass is 494 g/mol. The van der Waals surface area contributed by atoms with E-state index in [1.54, 1.807) is 6.07 Å². The first kappa shape index (κ1) is 26.3. The number of benzene rings is 2. The van der Waals surface area contributed by atoms with E-state index in [4.69, 9.17) is 9.84 Å². The van der Waals surface area contributed by atoms with Gasteiger partial charge in [0.2, 0.25) is 5.91 Å². The van der Waals surface area contributed by atoms with Gasteiger partial charge >= 0.3 is 12.1 Å². The molecule has 0 unspecified atom stereocenters. The Kier molecular flexibility index (Phi) is 9.87. The molecule has 0 fully saturated rings. The molecule has 3 aromatic rings. The minimum Gasteiger partial charge on any atom is -0.481 e. The summed E-state index contributed by atoms with van der Waals surface area (Å²) in [5.41, 5.74) is 1.99. The molecule has 3 amide bonds. The fourth-order valence-electron chi connectivity index (χ4n) is 3.55. The molecule has 0 bridgehead atoms. The fraction of sp³-hybridized carbons (Fsp3) is 0.308. The summed E-state index contributed by atoms with van der Waals surface area (Å²) in [7, 11) is 0. The van der Waals surface area contributed by atoms with Crippen LogP contribution >= 0.6 is 0 Å². The Labute approximate surface area is 208 Å². The second kappa shape index (κ2) is 13.5. The Balaban J connectivity index is 1.51. The third-order valence-electron chi connectivity index (χ3n) is 5.41. The molecule has 1 heterocycles. The van der Waals surface area contributed by atoms with Crippen molar-refractivity contribution in [1.82, 2.24) is 20.9 Å². The summed E-state index contributed by atoms with van der Waals surface area (Å²) in [5.74, 6) is -1.80. The highest BCUT2D eigenvalue weighted by Crippen LogP contribution is 2.15. The maximum Gasteiger partial charge on any atom is 0.407 e. The smallest absolute Gasteiger partial charge is 0.407 e. The van der Waals surface area contributed by atoms with Crippen molar-refractivity contribution in [3.63, 3.8) is 0 Å². The number of carbonyl (C=O) groups excluding carboxylic acids is 3. The molecule has 0 saturated carbocycles.